The topological polar surface area (TPSA) is 102 Å². The van der Waals surface area contributed by atoms with Crippen LogP contribution in [-0.2, 0) is 11.8 Å². The molecule has 3 aliphatic rings. The van der Waals surface area contributed by atoms with E-state index >= 15 is 0 Å². The van der Waals surface area contributed by atoms with E-state index in [2.05, 4.69) is 37.6 Å². The second-order valence-corrected chi connectivity index (χ2v) is 11.1. The molecular weight excluding hydrogens is 558 g/mol. The smallest absolute Gasteiger partial charge is 0.321 e. The molecule has 34 heavy (non-hydrogen) atoms. The third kappa shape index (κ3) is 3.73. The van der Waals surface area contributed by atoms with Gasteiger partial charge in [-0.05, 0) is 48.9 Å². The molecule has 3 saturated heterocycles. The van der Waals surface area contributed by atoms with Gasteiger partial charge in [0.2, 0.25) is 5.71 Å². The van der Waals surface area contributed by atoms with E-state index < -0.39 is 11.8 Å². The van der Waals surface area contributed by atoms with Crippen molar-refractivity contribution in [1.29, 1.82) is 0 Å². The molecule has 3 atom stereocenters. The number of nitrogens with zero attached hydrogens (tertiary/aromatic N) is 6. The lowest BCUT2D eigenvalue weighted by atomic mass is 9.95. The van der Waals surface area contributed by atoms with E-state index in [9.17, 15) is 9.50 Å². The molecule has 0 saturated carbocycles. The van der Waals surface area contributed by atoms with Crippen LogP contribution in [0.15, 0.2) is 4.42 Å². The number of furan rings is 1. The molecule has 0 bridgehead atoms. The van der Waals surface area contributed by atoms with Crippen molar-refractivity contribution in [1.82, 2.24) is 24.6 Å². The maximum atomic E-state index is 14.2. The predicted molar refractivity (Wildman–Crippen MR) is 131 cm³/mol. The van der Waals surface area contributed by atoms with Crippen LogP contribution in [0.2, 0.25) is 0 Å². The number of ether oxygens (including phenoxy) is 2. The first-order valence-electron chi connectivity index (χ1n) is 11.6. The molecule has 12 heteroatoms. The molecule has 0 amide bonds. The summed E-state index contributed by atoms with van der Waals surface area (Å²) in [4.78, 5) is 13.6. The van der Waals surface area contributed by atoms with Gasteiger partial charge in [0, 0.05) is 26.6 Å². The molecule has 3 aromatic rings. The quantitative estimate of drug-likeness (QED) is 0.462. The highest BCUT2D eigenvalue weighted by Gasteiger charge is 2.49. The lowest BCUT2D eigenvalue weighted by Crippen LogP contribution is -2.43. The first-order chi connectivity index (χ1) is 16.2. The van der Waals surface area contributed by atoms with E-state index in [-0.39, 0.29) is 18.2 Å². The Morgan fingerprint density at radius 3 is 3.03 bits per heavy atom. The van der Waals surface area contributed by atoms with E-state index in [0.29, 0.717) is 56.4 Å². The van der Waals surface area contributed by atoms with Crippen LogP contribution in [-0.4, -0.2) is 93.1 Å². The highest BCUT2D eigenvalue weighted by Crippen LogP contribution is 2.41. The van der Waals surface area contributed by atoms with Crippen molar-refractivity contribution in [3.8, 4) is 6.01 Å². The number of rotatable bonds is 4. The summed E-state index contributed by atoms with van der Waals surface area (Å²) in [6.07, 6.45) is 1.60. The van der Waals surface area contributed by atoms with Crippen LogP contribution in [0.25, 0.3) is 22.2 Å². The predicted octanol–water partition coefficient (Wildman–Crippen LogP) is 2.26. The Hall–Kier alpha value is -1.77. The van der Waals surface area contributed by atoms with Crippen molar-refractivity contribution in [2.24, 2.45) is 7.05 Å². The summed E-state index contributed by atoms with van der Waals surface area (Å²) >= 11 is 2.14. The van der Waals surface area contributed by atoms with E-state index in [1.54, 1.807) is 11.6 Å². The SMILES string of the molecule is Cn1nc(I)c2oc3nc(OC[C@@]45CCCN4C[C@H](F)C5)nc(N4CCOC[C@@](C)(O)C4)c3c21. The van der Waals surface area contributed by atoms with Crippen molar-refractivity contribution >= 4 is 50.6 Å². The van der Waals surface area contributed by atoms with Crippen molar-refractivity contribution in [3.05, 3.63) is 3.70 Å². The molecule has 0 radical (unpaired) electrons. The van der Waals surface area contributed by atoms with Gasteiger partial charge in [0.1, 0.15) is 35.1 Å². The zero-order chi connectivity index (χ0) is 23.7. The van der Waals surface area contributed by atoms with Crippen molar-refractivity contribution in [3.63, 3.8) is 0 Å². The minimum absolute atomic E-state index is 0.192. The molecule has 0 aromatic carbocycles. The van der Waals surface area contributed by atoms with E-state index in [1.165, 1.54) is 0 Å². The largest absolute Gasteiger partial charge is 0.461 e. The van der Waals surface area contributed by atoms with Crippen LogP contribution in [0.3, 0.4) is 0 Å². The van der Waals surface area contributed by atoms with E-state index in [4.69, 9.17) is 18.9 Å². The average Bonchev–Trinajstić information content (AvgIpc) is 3.45. The molecule has 3 aliphatic heterocycles. The Labute approximate surface area is 209 Å². The maximum Gasteiger partial charge on any atom is 0.321 e. The molecule has 6 rings (SSSR count). The number of hydrogen-bond acceptors (Lipinski definition) is 9. The maximum absolute atomic E-state index is 14.2. The van der Waals surface area contributed by atoms with Crippen LogP contribution >= 0.6 is 22.6 Å². The molecule has 184 valence electrons. The van der Waals surface area contributed by atoms with Gasteiger partial charge >= 0.3 is 6.01 Å². The number of aromatic nitrogens is 4. The van der Waals surface area contributed by atoms with Gasteiger partial charge < -0.3 is 23.9 Å². The highest BCUT2D eigenvalue weighted by molar-refractivity contribution is 14.1. The van der Waals surface area contributed by atoms with Crippen molar-refractivity contribution < 1.29 is 23.4 Å². The second-order valence-electron chi connectivity index (χ2n) is 10.0. The molecule has 3 fully saturated rings. The molecule has 0 spiro atoms. The monoisotopic (exact) mass is 586 g/mol. The number of aryl methyl sites for hydroxylation is 1. The number of hydrogen-bond donors (Lipinski definition) is 1. The molecular formula is C22H28FIN6O4. The number of aliphatic hydroxyl groups is 1. The fourth-order valence-corrected chi connectivity index (χ4v) is 6.44. The van der Waals surface area contributed by atoms with E-state index in [0.717, 1.165) is 34.0 Å². The number of halogens is 2. The third-order valence-corrected chi connectivity index (χ3v) is 7.92. The Bertz CT molecular complexity index is 1250. The number of fused-ring (bicyclic) bond motifs is 4. The van der Waals surface area contributed by atoms with Gasteiger partial charge in [-0.1, -0.05) is 0 Å². The second kappa shape index (κ2) is 8.14. The molecule has 10 nitrogen and oxygen atoms in total. The number of β-amino-alcohol motifs (C(OH)–C–C–N with tert-alkyl or cyclic N) is 1. The first-order valence-corrected chi connectivity index (χ1v) is 12.7. The highest BCUT2D eigenvalue weighted by atomic mass is 127. The lowest BCUT2D eigenvalue weighted by molar-refractivity contribution is -0.0123. The Morgan fingerprint density at radius 2 is 2.18 bits per heavy atom. The summed E-state index contributed by atoms with van der Waals surface area (Å²) in [5.74, 6) is 0.611. The molecule has 0 aliphatic carbocycles. The normalized spacial score (nSPS) is 30.4. The van der Waals surface area contributed by atoms with Crippen LogP contribution in [0, 0.1) is 3.70 Å². The fraction of sp³-hybridized carbons (Fsp3) is 0.682. The lowest BCUT2D eigenvalue weighted by Gasteiger charge is -2.31. The van der Waals surface area contributed by atoms with Crippen molar-refractivity contribution in [2.75, 3.05) is 50.9 Å². The van der Waals surface area contributed by atoms with Gasteiger partial charge in [-0.15, -0.1) is 0 Å². The minimum Gasteiger partial charge on any atom is -0.461 e. The van der Waals surface area contributed by atoms with Gasteiger partial charge in [0.25, 0.3) is 0 Å². The van der Waals surface area contributed by atoms with Crippen LogP contribution in [0.4, 0.5) is 10.2 Å². The first kappa shape index (κ1) is 22.7. The van der Waals surface area contributed by atoms with Gasteiger partial charge in [0.15, 0.2) is 9.28 Å². The summed E-state index contributed by atoms with van der Waals surface area (Å²) in [5.41, 5.74) is 0.497. The van der Waals surface area contributed by atoms with Crippen LogP contribution in [0.1, 0.15) is 26.2 Å². The van der Waals surface area contributed by atoms with Crippen LogP contribution < -0.4 is 9.64 Å². The van der Waals surface area contributed by atoms with Crippen LogP contribution in [0.5, 0.6) is 6.01 Å². The van der Waals surface area contributed by atoms with Crippen molar-refractivity contribution in [2.45, 2.75) is 43.5 Å². The Morgan fingerprint density at radius 1 is 1.32 bits per heavy atom. The van der Waals surface area contributed by atoms with Gasteiger partial charge in [-0.2, -0.15) is 15.1 Å². The van der Waals surface area contributed by atoms with Gasteiger partial charge in [-0.25, -0.2) is 4.39 Å². The molecule has 0 unspecified atom stereocenters. The summed E-state index contributed by atoms with van der Waals surface area (Å²) in [6.45, 7) is 5.02. The molecule has 6 heterocycles. The number of alkyl halides is 1. The zero-order valence-electron chi connectivity index (χ0n) is 19.3. The summed E-state index contributed by atoms with van der Waals surface area (Å²) < 4.78 is 34.6. The number of anilines is 1. The zero-order valence-corrected chi connectivity index (χ0v) is 21.4. The minimum atomic E-state index is -1.04. The fourth-order valence-electron chi connectivity index (χ4n) is 5.75. The van der Waals surface area contributed by atoms with Gasteiger partial charge in [0.05, 0.1) is 25.3 Å². The standard InChI is InChI=1S/C22H28FIN6O4/c1-21(31)10-29(6-7-32-11-21)18-14-15-16(17(24)27-28(15)2)34-19(14)26-20(25-18)33-12-22-4-3-5-30(22)9-13(23)8-22/h13,31H,3-12H2,1-2H3/t13-,21+,22+/m1/s1. The summed E-state index contributed by atoms with van der Waals surface area (Å²) in [7, 11) is 1.86. The molecule has 1 N–H and O–H groups in total. The third-order valence-electron chi connectivity index (χ3n) is 7.22. The van der Waals surface area contributed by atoms with E-state index in [1.807, 2.05) is 11.9 Å². The average molecular weight is 586 g/mol. The summed E-state index contributed by atoms with van der Waals surface area (Å²) in [6, 6.07) is 0.192. The Kier molecular flexibility index (Phi) is 5.43. The molecule has 3 aromatic heterocycles. The summed E-state index contributed by atoms with van der Waals surface area (Å²) in [5, 5.41) is 16.0. The van der Waals surface area contributed by atoms with Gasteiger partial charge in [-0.3, -0.25) is 9.58 Å². The Balaban J connectivity index is 1.42.